The Hall–Kier alpha value is -4.26. The van der Waals surface area contributed by atoms with Crippen molar-refractivity contribution >= 4 is 51.0 Å². The lowest BCUT2D eigenvalue weighted by molar-refractivity contribution is 0.0954. The lowest BCUT2D eigenvalue weighted by Crippen LogP contribution is -2.43. The fourth-order valence-electron chi connectivity index (χ4n) is 4.37. The first-order valence-electron chi connectivity index (χ1n) is 12.5. The molecule has 0 atom stereocenters. The zero-order valence-corrected chi connectivity index (χ0v) is 22.4. The number of anilines is 2. The van der Waals surface area contributed by atoms with Gasteiger partial charge in [-0.3, -0.25) is 24.9 Å². The number of likely N-dealkylation sites (N-methyl/N-ethyl adjacent to an activating group) is 1. The molecule has 5 rings (SSSR count). The van der Waals surface area contributed by atoms with Gasteiger partial charge in [0.2, 0.25) is 0 Å². The van der Waals surface area contributed by atoms with Gasteiger partial charge in [-0.05, 0) is 42.9 Å². The highest BCUT2D eigenvalue weighted by Gasteiger charge is 2.23. The smallest absolute Gasteiger partial charge is 0.433 e. The van der Waals surface area contributed by atoms with Crippen LogP contribution >= 0.6 is 11.3 Å². The first-order chi connectivity index (χ1) is 18.8. The monoisotopic (exact) mass is 547 g/mol. The summed E-state index contributed by atoms with van der Waals surface area (Å²) in [5.74, 6) is -0.752. The highest BCUT2D eigenvalue weighted by molar-refractivity contribution is 7.20. The fourth-order valence-corrected chi connectivity index (χ4v) is 5.36. The van der Waals surface area contributed by atoms with Gasteiger partial charge in [-0.1, -0.05) is 30.3 Å². The number of fused-ring (bicyclic) bond motifs is 1. The van der Waals surface area contributed by atoms with Gasteiger partial charge in [-0.2, -0.15) is 4.68 Å². The predicted octanol–water partition coefficient (Wildman–Crippen LogP) is 3.40. The number of nitrogens with one attached hydrogen (secondary N) is 2. The minimum atomic E-state index is -1.32. The number of aromatic nitrogens is 2. The molecule has 1 fully saturated rings. The molecule has 12 heteroatoms. The van der Waals surface area contributed by atoms with Crippen molar-refractivity contribution in [3.05, 3.63) is 76.7 Å². The summed E-state index contributed by atoms with van der Waals surface area (Å²) in [4.78, 5) is 43.0. The van der Waals surface area contributed by atoms with Crippen LogP contribution in [0.15, 0.2) is 60.7 Å². The second-order valence-corrected chi connectivity index (χ2v) is 10.5. The van der Waals surface area contributed by atoms with Crippen LogP contribution in [0.3, 0.4) is 0 Å². The van der Waals surface area contributed by atoms with E-state index in [1.165, 1.54) is 6.07 Å². The number of carbonyl (C=O) groups excluding carboxylic acids is 2. The zero-order chi connectivity index (χ0) is 27.5. The van der Waals surface area contributed by atoms with Gasteiger partial charge >= 0.3 is 6.09 Å². The van der Waals surface area contributed by atoms with Crippen LogP contribution in [0.5, 0.6) is 0 Å². The Morgan fingerprint density at radius 1 is 1.00 bits per heavy atom. The van der Waals surface area contributed by atoms with Crippen LogP contribution in [0, 0.1) is 0 Å². The van der Waals surface area contributed by atoms with Crippen molar-refractivity contribution in [3.63, 3.8) is 0 Å². The number of piperazine rings is 1. The third-order valence-corrected chi connectivity index (χ3v) is 7.74. The minimum Gasteiger partial charge on any atom is -0.463 e. The standard InChI is InChI=1S/C27H29N7O4S/c1-31-12-14-33(15-13-31)17-18-8-10-19(11-9-18)24(35)28-23-21-16-22(39-26(21)34(29-23)27(37)38)25(36)30-32(2)20-6-4-3-5-7-20/h3-11,16H,12-15,17H2,1-2H3,(H,30,36)(H,37,38)(H,28,29,35). The van der Waals surface area contributed by atoms with Crippen molar-refractivity contribution in [1.82, 2.24) is 25.0 Å². The van der Waals surface area contributed by atoms with Gasteiger partial charge in [-0.25, -0.2) is 4.79 Å². The molecule has 2 aromatic carbocycles. The van der Waals surface area contributed by atoms with Crippen LogP contribution in [0.2, 0.25) is 0 Å². The number of hydrazine groups is 1. The van der Waals surface area contributed by atoms with Gasteiger partial charge in [0.15, 0.2) is 5.82 Å². The highest BCUT2D eigenvalue weighted by atomic mass is 32.1. The molecule has 1 saturated heterocycles. The number of carbonyl (C=O) groups is 3. The number of hydrogen-bond acceptors (Lipinski definition) is 8. The molecule has 0 unspecified atom stereocenters. The molecule has 0 saturated carbocycles. The maximum Gasteiger partial charge on any atom is 0.433 e. The Balaban J connectivity index is 1.30. The van der Waals surface area contributed by atoms with Crippen LogP contribution in [0.25, 0.3) is 10.2 Å². The van der Waals surface area contributed by atoms with E-state index in [0.29, 0.717) is 10.9 Å². The van der Waals surface area contributed by atoms with Crippen LogP contribution in [-0.2, 0) is 6.54 Å². The Kier molecular flexibility index (Phi) is 7.59. The summed E-state index contributed by atoms with van der Waals surface area (Å²) >= 11 is 0.982. The second kappa shape index (κ2) is 11.2. The van der Waals surface area contributed by atoms with E-state index in [1.54, 1.807) is 24.2 Å². The van der Waals surface area contributed by atoms with E-state index in [-0.39, 0.29) is 15.5 Å². The maximum absolute atomic E-state index is 13.0. The second-order valence-electron chi connectivity index (χ2n) is 9.44. The molecule has 11 nitrogen and oxygen atoms in total. The van der Waals surface area contributed by atoms with Gasteiger partial charge in [0.1, 0.15) is 4.83 Å². The lowest BCUT2D eigenvalue weighted by Gasteiger charge is -2.32. The Morgan fingerprint density at radius 2 is 1.69 bits per heavy atom. The summed E-state index contributed by atoms with van der Waals surface area (Å²) in [6.07, 6.45) is -1.32. The molecular formula is C27H29N7O4S. The van der Waals surface area contributed by atoms with E-state index in [2.05, 4.69) is 32.7 Å². The van der Waals surface area contributed by atoms with Crippen LogP contribution < -0.4 is 15.8 Å². The number of thiophene rings is 1. The number of para-hydroxylation sites is 1. The number of nitrogens with zero attached hydrogens (tertiary/aromatic N) is 5. The van der Waals surface area contributed by atoms with Crippen molar-refractivity contribution in [2.45, 2.75) is 6.54 Å². The normalized spacial score (nSPS) is 14.3. The quantitative estimate of drug-likeness (QED) is 0.301. The molecule has 202 valence electrons. The third-order valence-electron chi connectivity index (χ3n) is 6.63. The lowest BCUT2D eigenvalue weighted by atomic mass is 10.1. The van der Waals surface area contributed by atoms with Crippen LogP contribution in [-0.4, -0.2) is 82.9 Å². The third kappa shape index (κ3) is 5.93. The molecule has 3 N–H and O–H groups in total. The number of rotatable bonds is 7. The first-order valence-corrected chi connectivity index (χ1v) is 13.3. The van der Waals surface area contributed by atoms with Crippen LogP contribution in [0.1, 0.15) is 25.6 Å². The fraction of sp³-hybridized carbons (Fsp3) is 0.259. The van der Waals surface area contributed by atoms with Crippen molar-refractivity contribution < 1.29 is 19.5 Å². The van der Waals surface area contributed by atoms with Crippen LogP contribution in [0.4, 0.5) is 16.3 Å². The van der Waals surface area contributed by atoms with Gasteiger partial charge in [-0.15, -0.1) is 16.4 Å². The van der Waals surface area contributed by atoms with E-state index in [4.69, 9.17) is 0 Å². The molecule has 0 radical (unpaired) electrons. The van der Waals surface area contributed by atoms with Gasteiger partial charge in [0.25, 0.3) is 11.8 Å². The van der Waals surface area contributed by atoms with Crippen molar-refractivity contribution in [1.29, 1.82) is 0 Å². The Labute approximate surface area is 229 Å². The summed E-state index contributed by atoms with van der Waals surface area (Å²) in [6.45, 7) is 4.90. The molecule has 0 bridgehead atoms. The Bertz CT molecular complexity index is 1490. The highest BCUT2D eigenvalue weighted by Crippen LogP contribution is 2.32. The van der Waals surface area contributed by atoms with E-state index >= 15 is 0 Å². The largest absolute Gasteiger partial charge is 0.463 e. The van der Waals surface area contributed by atoms with Gasteiger partial charge in [0, 0.05) is 45.3 Å². The topological polar surface area (TPSA) is 123 Å². The molecule has 4 aromatic rings. The molecule has 3 heterocycles. The molecule has 2 aromatic heterocycles. The van der Waals surface area contributed by atoms with Crippen molar-refractivity contribution in [3.8, 4) is 0 Å². The summed E-state index contributed by atoms with van der Waals surface area (Å²) in [7, 11) is 3.83. The van der Waals surface area contributed by atoms with Gasteiger partial charge < -0.3 is 15.3 Å². The summed E-state index contributed by atoms with van der Waals surface area (Å²) in [6, 6.07) is 18.2. The molecule has 1 aliphatic rings. The molecule has 1 aliphatic heterocycles. The minimum absolute atomic E-state index is 0.0747. The maximum atomic E-state index is 13.0. The summed E-state index contributed by atoms with van der Waals surface area (Å²) in [5.41, 5.74) is 5.09. The van der Waals surface area contributed by atoms with E-state index in [9.17, 15) is 19.5 Å². The van der Waals surface area contributed by atoms with Gasteiger partial charge in [0.05, 0.1) is 16.0 Å². The number of benzene rings is 2. The number of carboxylic acid groups (broad SMARTS) is 1. The predicted molar refractivity (Wildman–Crippen MR) is 151 cm³/mol. The molecule has 0 spiro atoms. The molecule has 39 heavy (non-hydrogen) atoms. The average molecular weight is 548 g/mol. The van der Waals surface area contributed by atoms with E-state index < -0.39 is 17.9 Å². The summed E-state index contributed by atoms with van der Waals surface area (Å²) < 4.78 is 0.770. The first kappa shape index (κ1) is 26.4. The summed E-state index contributed by atoms with van der Waals surface area (Å²) in [5, 5.41) is 18.4. The molecular weight excluding hydrogens is 518 g/mol. The average Bonchev–Trinajstić information content (AvgIpc) is 3.51. The number of amides is 2. The zero-order valence-electron chi connectivity index (χ0n) is 21.6. The van der Waals surface area contributed by atoms with Crippen molar-refractivity contribution in [2.24, 2.45) is 0 Å². The van der Waals surface area contributed by atoms with Crippen molar-refractivity contribution in [2.75, 3.05) is 50.6 Å². The SMILES string of the molecule is CN1CCN(Cc2ccc(C(=O)Nc3nn(C(=O)O)c4sc(C(=O)NN(C)c5ccccc5)cc34)cc2)CC1. The van der Waals surface area contributed by atoms with E-state index in [0.717, 1.165) is 60.0 Å². The molecule has 0 aliphatic carbocycles. The van der Waals surface area contributed by atoms with E-state index in [1.807, 2.05) is 42.5 Å². The Morgan fingerprint density at radius 3 is 2.36 bits per heavy atom. The number of hydrogen-bond donors (Lipinski definition) is 3. The molecule has 2 amide bonds.